The molecule has 0 radical (unpaired) electrons. The third-order valence-electron chi connectivity index (χ3n) is 2.35. The zero-order chi connectivity index (χ0) is 13.5. The number of ether oxygens (including phenoxy) is 1. The fraction of sp³-hybridized carbons (Fsp3) is 0.462. The van der Waals surface area contributed by atoms with Gasteiger partial charge in [0.25, 0.3) is 5.91 Å². The van der Waals surface area contributed by atoms with Crippen molar-refractivity contribution in [2.24, 2.45) is 0 Å². The van der Waals surface area contributed by atoms with Crippen LogP contribution in [-0.4, -0.2) is 25.6 Å². The highest BCUT2D eigenvalue weighted by molar-refractivity contribution is 5.77. The molecule has 0 atom stereocenters. The van der Waals surface area contributed by atoms with Gasteiger partial charge in [-0.3, -0.25) is 4.79 Å². The SMILES string of the molecule is CNC(=O)COc1ccc(CNC(C)C)cc1F. The van der Waals surface area contributed by atoms with Crippen LogP contribution < -0.4 is 15.4 Å². The molecule has 0 aliphatic rings. The molecule has 0 aliphatic heterocycles. The molecule has 1 aromatic carbocycles. The smallest absolute Gasteiger partial charge is 0.257 e. The van der Waals surface area contributed by atoms with Crippen molar-refractivity contribution in [2.75, 3.05) is 13.7 Å². The Morgan fingerprint density at radius 3 is 2.72 bits per heavy atom. The molecule has 0 spiro atoms. The Morgan fingerprint density at radius 2 is 2.17 bits per heavy atom. The lowest BCUT2D eigenvalue weighted by Crippen LogP contribution is -2.25. The summed E-state index contributed by atoms with van der Waals surface area (Å²) in [6.45, 7) is 4.47. The first-order valence-corrected chi connectivity index (χ1v) is 5.88. The van der Waals surface area contributed by atoms with E-state index >= 15 is 0 Å². The van der Waals surface area contributed by atoms with Crippen LogP contribution in [0.4, 0.5) is 4.39 Å². The van der Waals surface area contributed by atoms with Crippen LogP contribution in [0.1, 0.15) is 19.4 Å². The van der Waals surface area contributed by atoms with Crippen LogP contribution in [0.2, 0.25) is 0 Å². The highest BCUT2D eigenvalue weighted by Gasteiger charge is 2.07. The maximum atomic E-state index is 13.6. The van der Waals surface area contributed by atoms with Crippen molar-refractivity contribution in [3.8, 4) is 5.75 Å². The van der Waals surface area contributed by atoms with Gasteiger partial charge in [-0.2, -0.15) is 0 Å². The van der Waals surface area contributed by atoms with E-state index in [0.717, 1.165) is 5.56 Å². The molecule has 0 aliphatic carbocycles. The van der Waals surface area contributed by atoms with Crippen LogP contribution in [0.3, 0.4) is 0 Å². The van der Waals surface area contributed by atoms with E-state index in [1.165, 1.54) is 19.2 Å². The Labute approximate surface area is 107 Å². The highest BCUT2D eigenvalue weighted by atomic mass is 19.1. The summed E-state index contributed by atoms with van der Waals surface area (Å²) in [6.07, 6.45) is 0. The van der Waals surface area contributed by atoms with Crippen molar-refractivity contribution in [3.63, 3.8) is 0 Å². The Hall–Kier alpha value is -1.62. The molecular weight excluding hydrogens is 235 g/mol. The lowest BCUT2D eigenvalue weighted by Gasteiger charge is -2.10. The summed E-state index contributed by atoms with van der Waals surface area (Å²) in [7, 11) is 1.50. The van der Waals surface area contributed by atoms with Crippen LogP contribution >= 0.6 is 0 Å². The first-order chi connectivity index (χ1) is 8.52. The topological polar surface area (TPSA) is 50.4 Å². The molecule has 1 aromatic rings. The Balaban J connectivity index is 2.59. The molecule has 0 fully saturated rings. The minimum absolute atomic E-state index is 0.0897. The molecule has 4 nitrogen and oxygen atoms in total. The standard InChI is InChI=1S/C13H19FN2O2/c1-9(2)16-7-10-4-5-12(11(14)6-10)18-8-13(17)15-3/h4-6,9,16H,7-8H2,1-3H3,(H,15,17). The van der Waals surface area contributed by atoms with Gasteiger partial charge in [-0.05, 0) is 17.7 Å². The van der Waals surface area contributed by atoms with Gasteiger partial charge in [-0.15, -0.1) is 0 Å². The van der Waals surface area contributed by atoms with Crippen LogP contribution in [0.5, 0.6) is 5.75 Å². The van der Waals surface area contributed by atoms with Crippen LogP contribution in [-0.2, 0) is 11.3 Å². The quantitative estimate of drug-likeness (QED) is 0.808. The fourth-order valence-corrected chi connectivity index (χ4v) is 1.31. The predicted octanol–water partition coefficient (Wildman–Crippen LogP) is 1.45. The number of hydrogen-bond acceptors (Lipinski definition) is 3. The normalized spacial score (nSPS) is 10.5. The first-order valence-electron chi connectivity index (χ1n) is 5.88. The second-order valence-electron chi connectivity index (χ2n) is 4.26. The number of hydrogen-bond donors (Lipinski definition) is 2. The van der Waals surface area contributed by atoms with Crippen molar-refractivity contribution < 1.29 is 13.9 Å². The monoisotopic (exact) mass is 254 g/mol. The molecule has 1 amide bonds. The molecule has 0 saturated carbocycles. The average Bonchev–Trinajstić information content (AvgIpc) is 2.34. The van der Waals surface area contributed by atoms with Gasteiger partial charge in [-0.25, -0.2) is 4.39 Å². The molecule has 0 unspecified atom stereocenters. The minimum Gasteiger partial charge on any atom is -0.481 e. The van der Waals surface area contributed by atoms with Crippen molar-refractivity contribution in [1.82, 2.24) is 10.6 Å². The first kappa shape index (κ1) is 14.4. The van der Waals surface area contributed by atoms with Gasteiger partial charge in [-0.1, -0.05) is 19.9 Å². The summed E-state index contributed by atoms with van der Waals surface area (Å²) in [4.78, 5) is 11.0. The lowest BCUT2D eigenvalue weighted by atomic mass is 10.2. The van der Waals surface area contributed by atoms with Gasteiger partial charge in [0, 0.05) is 19.6 Å². The molecule has 5 heteroatoms. The minimum atomic E-state index is -0.457. The average molecular weight is 254 g/mol. The van der Waals surface area contributed by atoms with E-state index in [9.17, 15) is 9.18 Å². The second kappa shape index (κ2) is 6.96. The van der Waals surface area contributed by atoms with Crippen molar-refractivity contribution in [3.05, 3.63) is 29.6 Å². The zero-order valence-electron chi connectivity index (χ0n) is 10.9. The van der Waals surface area contributed by atoms with E-state index in [2.05, 4.69) is 10.6 Å². The summed E-state index contributed by atoms with van der Waals surface area (Å²) in [5.74, 6) is -0.659. The van der Waals surface area contributed by atoms with Gasteiger partial charge in [0.05, 0.1) is 0 Å². The number of carbonyl (C=O) groups excluding carboxylic acids is 1. The lowest BCUT2D eigenvalue weighted by molar-refractivity contribution is -0.122. The summed E-state index contributed by atoms with van der Waals surface area (Å²) >= 11 is 0. The molecule has 2 N–H and O–H groups in total. The van der Waals surface area contributed by atoms with Gasteiger partial charge < -0.3 is 15.4 Å². The molecule has 0 bridgehead atoms. The van der Waals surface area contributed by atoms with E-state index in [0.29, 0.717) is 12.6 Å². The summed E-state index contributed by atoms with van der Waals surface area (Å²) < 4.78 is 18.7. The Morgan fingerprint density at radius 1 is 1.44 bits per heavy atom. The number of halogens is 1. The molecule has 0 heterocycles. The molecule has 18 heavy (non-hydrogen) atoms. The van der Waals surface area contributed by atoms with E-state index < -0.39 is 5.82 Å². The van der Waals surface area contributed by atoms with Gasteiger partial charge in [0.2, 0.25) is 0 Å². The van der Waals surface area contributed by atoms with Gasteiger partial charge in [0.15, 0.2) is 18.2 Å². The Kier molecular flexibility index (Phi) is 5.58. The molecular formula is C13H19FN2O2. The molecule has 0 aromatic heterocycles. The highest BCUT2D eigenvalue weighted by Crippen LogP contribution is 2.18. The molecule has 100 valence electrons. The van der Waals surface area contributed by atoms with E-state index in [4.69, 9.17) is 4.74 Å². The van der Waals surface area contributed by atoms with Crippen LogP contribution in [0.25, 0.3) is 0 Å². The molecule has 1 rings (SSSR count). The fourth-order valence-electron chi connectivity index (χ4n) is 1.31. The number of benzene rings is 1. The Bertz CT molecular complexity index is 408. The van der Waals surface area contributed by atoms with E-state index in [1.54, 1.807) is 6.07 Å². The van der Waals surface area contributed by atoms with Crippen LogP contribution in [0, 0.1) is 5.82 Å². The van der Waals surface area contributed by atoms with Gasteiger partial charge >= 0.3 is 0 Å². The van der Waals surface area contributed by atoms with E-state index in [1.807, 2.05) is 13.8 Å². The third-order valence-corrected chi connectivity index (χ3v) is 2.35. The number of amides is 1. The maximum absolute atomic E-state index is 13.6. The number of carbonyl (C=O) groups is 1. The summed E-state index contributed by atoms with van der Waals surface area (Å²) in [6, 6.07) is 5.07. The number of likely N-dealkylation sites (N-methyl/N-ethyl adjacent to an activating group) is 1. The third kappa shape index (κ3) is 4.71. The second-order valence-corrected chi connectivity index (χ2v) is 4.26. The number of nitrogens with one attached hydrogen (secondary N) is 2. The number of rotatable bonds is 6. The predicted molar refractivity (Wildman–Crippen MR) is 67.9 cm³/mol. The zero-order valence-corrected chi connectivity index (χ0v) is 10.9. The van der Waals surface area contributed by atoms with Crippen molar-refractivity contribution >= 4 is 5.91 Å². The largest absolute Gasteiger partial charge is 0.481 e. The summed E-state index contributed by atoms with van der Waals surface area (Å²) in [5, 5.41) is 5.60. The maximum Gasteiger partial charge on any atom is 0.257 e. The molecule has 0 saturated heterocycles. The van der Waals surface area contributed by atoms with E-state index in [-0.39, 0.29) is 18.3 Å². The van der Waals surface area contributed by atoms with Crippen molar-refractivity contribution in [1.29, 1.82) is 0 Å². The van der Waals surface area contributed by atoms with Crippen molar-refractivity contribution in [2.45, 2.75) is 26.4 Å². The van der Waals surface area contributed by atoms with Crippen LogP contribution in [0.15, 0.2) is 18.2 Å². The summed E-state index contributed by atoms with van der Waals surface area (Å²) in [5.41, 5.74) is 0.841. The van der Waals surface area contributed by atoms with Gasteiger partial charge in [0.1, 0.15) is 0 Å².